The Morgan fingerprint density at radius 1 is 0.500 bits per heavy atom. The minimum atomic E-state index is -4.32. The molecule has 0 unspecified atom stereocenters. The highest BCUT2D eigenvalue weighted by Crippen LogP contribution is 2.46. The Balaban J connectivity index is 0.000000117. The number of pyridine rings is 3. The first-order valence-electron chi connectivity index (χ1n) is 46.2. The lowest BCUT2D eigenvalue weighted by Crippen LogP contribution is -2.47. The average molecular weight is 2000 g/mol. The number of methoxy groups -OCH3 is 2. The number of fused-ring (bicyclic) bond motifs is 5. The van der Waals surface area contributed by atoms with Crippen LogP contribution in [0.1, 0.15) is 60.6 Å². The molecule has 3 fully saturated rings. The standard InChI is InChI=1S/C25H25N5O2S.C23H22N4OS.C21H21N3O3S.C20H17N5OS.C17H15F3N4S/c1-16-21(17-7-3-2-4-8-17)22-24(27-15-20(32)30-13-10-18(31)11-14-30)28-23(29-25(22)33-16)19-9-5-6-12-26-19;28-17-11-9-16(10-12-17)25-22-20-18(15-6-2-1-3-7-15)14-29-23(20)27-21(26-22)19-8-4-5-13-24-19;1-13-22-20(24(2)11-15-6-5-9-27-15)19-16(12-28-21(19)23-13)14-7-8-17(25-3)18(10-14)26-4;1-21-16(26)11-23-19-17-14(13-7-3-2-4-8-13)12-27-20(17)25-18(24-19)15-9-5-6-10-22-15;18-17(19,20)12-2-1-3-13(10-12)23-5-7-24(8-6-23)15-14-4-9-25-16(14)22-11-21-15/h2-9,12,18,31H,10-11,13-15H2,1H3,(H,27,28,29);1-8,13-14,16-17,28H,9-12H2,(H,25,26,27);5-10,12H,11H2,1-4H3;2-10,12H,11H2,1H3,(H,21,26)(H,23,24,25);1-4,9-11H,5-8H2. The molecule has 2 amide bonds. The number of aromatic nitrogens is 13. The number of likely N-dealkylation sites (tertiary alicyclic amines) is 1. The number of piperazine rings is 1. The lowest BCUT2D eigenvalue weighted by atomic mass is 9.93. The van der Waals surface area contributed by atoms with E-state index in [0.717, 1.165) is 167 Å². The van der Waals surface area contributed by atoms with E-state index in [-0.39, 0.29) is 37.1 Å². The van der Waals surface area contributed by atoms with Crippen molar-refractivity contribution in [2.45, 2.75) is 83.3 Å². The van der Waals surface area contributed by atoms with Crippen LogP contribution in [-0.4, -0.2) is 191 Å². The molecule has 16 heterocycles. The van der Waals surface area contributed by atoms with Gasteiger partial charge in [-0.2, -0.15) is 13.2 Å². The van der Waals surface area contributed by atoms with Gasteiger partial charge in [-0.25, -0.2) is 49.8 Å². The van der Waals surface area contributed by atoms with Gasteiger partial charge < -0.3 is 65.0 Å². The molecule has 0 bridgehead atoms. The molecule has 142 heavy (non-hydrogen) atoms. The fourth-order valence-electron chi connectivity index (χ4n) is 17.2. The number of rotatable bonds is 22. The number of amides is 2. The van der Waals surface area contributed by atoms with Crippen molar-refractivity contribution in [3.05, 3.63) is 281 Å². The summed E-state index contributed by atoms with van der Waals surface area (Å²) in [5.41, 5.74) is 10.9. The zero-order valence-corrected chi connectivity index (χ0v) is 82.5. The van der Waals surface area contributed by atoms with E-state index in [4.69, 9.17) is 43.8 Å². The van der Waals surface area contributed by atoms with Gasteiger partial charge in [0.05, 0.1) is 84.8 Å². The van der Waals surface area contributed by atoms with Crippen molar-refractivity contribution in [1.29, 1.82) is 0 Å². The van der Waals surface area contributed by atoms with Gasteiger partial charge in [-0.05, 0) is 165 Å². The van der Waals surface area contributed by atoms with Gasteiger partial charge in [-0.3, -0.25) is 24.5 Å². The number of ether oxygens (including phenoxy) is 2. The van der Waals surface area contributed by atoms with Gasteiger partial charge in [-0.1, -0.05) is 121 Å². The zero-order chi connectivity index (χ0) is 98.2. The maximum Gasteiger partial charge on any atom is 0.416 e. The van der Waals surface area contributed by atoms with Crippen molar-refractivity contribution >= 4 is 154 Å². The average Bonchev–Trinajstić information content (AvgIpc) is 1.61. The first-order valence-corrected chi connectivity index (χ1v) is 50.6. The highest BCUT2D eigenvalue weighted by atomic mass is 32.1. The smallest absolute Gasteiger partial charge is 0.416 e. The van der Waals surface area contributed by atoms with Crippen LogP contribution in [0.5, 0.6) is 11.5 Å². The Labute approximate surface area is 836 Å². The van der Waals surface area contributed by atoms with E-state index in [2.05, 4.69) is 138 Å². The summed E-state index contributed by atoms with van der Waals surface area (Å²) in [4.78, 5) is 98.3. The molecule has 36 heteroatoms. The summed E-state index contributed by atoms with van der Waals surface area (Å²) in [5.74, 6) is 8.51. The number of likely N-dealkylation sites (N-methyl/N-ethyl adjacent to an activating group) is 1. The molecule has 19 aromatic rings. The van der Waals surface area contributed by atoms with Gasteiger partial charge in [0, 0.05) is 127 Å². The number of hydrogen-bond donors (Lipinski definition) is 6. The molecule has 6 N–H and O–H groups in total. The van der Waals surface area contributed by atoms with Crippen LogP contribution in [0.3, 0.4) is 0 Å². The molecule has 722 valence electrons. The van der Waals surface area contributed by atoms with E-state index in [0.29, 0.717) is 122 Å². The molecule has 3 aliphatic rings. The first-order chi connectivity index (χ1) is 69.3. The molecule has 0 spiro atoms. The molecule has 28 nitrogen and oxygen atoms in total. The third-order valence-electron chi connectivity index (χ3n) is 24.4. The van der Waals surface area contributed by atoms with Crippen LogP contribution in [-0.2, 0) is 22.3 Å². The third kappa shape index (κ3) is 22.9. The Hall–Kier alpha value is -14.9. The van der Waals surface area contributed by atoms with E-state index >= 15 is 0 Å². The minimum Gasteiger partial charge on any atom is -0.493 e. The number of thiophene rings is 5. The Morgan fingerprint density at radius 3 is 1.61 bits per heavy atom. The number of nitrogens with one attached hydrogen (secondary N) is 4. The summed E-state index contributed by atoms with van der Waals surface area (Å²) in [6.07, 6.45) is 8.42. The highest BCUT2D eigenvalue weighted by Gasteiger charge is 2.33. The lowest BCUT2D eigenvalue weighted by Gasteiger charge is -2.37. The van der Waals surface area contributed by atoms with E-state index in [1.165, 1.54) is 12.1 Å². The molecule has 5 aromatic carbocycles. The van der Waals surface area contributed by atoms with Crippen molar-refractivity contribution in [2.75, 3.05) is 111 Å². The van der Waals surface area contributed by atoms with Gasteiger partial charge in [0.1, 0.15) is 88.2 Å². The number of carbonyl (C=O) groups excluding carboxylic acids is 2. The molecule has 1 saturated carbocycles. The normalized spacial score (nSPS) is 14.3. The van der Waals surface area contributed by atoms with Gasteiger partial charge in [0.2, 0.25) is 11.8 Å². The number of aryl methyl sites for hydroxylation is 2. The van der Waals surface area contributed by atoms with Crippen molar-refractivity contribution in [3.63, 3.8) is 0 Å². The number of alkyl halides is 3. The lowest BCUT2D eigenvalue weighted by molar-refractivity contribution is -0.137. The predicted octanol–water partition coefficient (Wildman–Crippen LogP) is 21.8. The summed E-state index contributed by atoms with van der Waals surface area (Å²) in [6.45, 7) is 8.76. The van der Waals surface area contributed by atoms with Gasteiger partial charge in [-0.15, -0.1) is 56.7 Å². The number of aliphatic hydroxyl groups excluding tert-OH is 2. The summed E-state index contributed by atoms with van der Waals surface area (Å²) in [6, 6.07) is 65.3. The number of carbonyl (C=O) groups is 2. The van der Waals surface area contributed by atoms with Crippen molar-refractivity contribution in [1.82, 2.24) is 75.0 Å². The molecule has 1 aliphatic carbocycles. The van der Waals surface area contributed by atoms with Crippen molar-refractivity contribution in [3.8, 4) is 90.6 Å². The molecule has 14 aromatic heterocycles. The molecule has 2 saturated heterocycles. The fraction of sp³-hybridized carbons (Fsp3) is 0.236. The molecule has 2 aliphatic heterocycles. The molecule has 0 radical (unpaired) electrons. The zero-order valence-electron chi connectivity index (χ0n) is 78.4. The summed E-state index contributed by atoms with van der Waals surface area (Å²) in [5, 5.41) is 45.6. The number of anilines is 6. The maximum atomic E-state index is 12.9. The number of nitrogens with zero attached hydrogens (tertiary/aromatic N) is 17. The third-order valence-corrected chi connectivity index (χ3v) is 28.8. The predicted molar refractivity (Wildman–Crippen MR) is 563 cm³/mol. The van der Waals surface area contributed by atoms with Crippen LogP contribution in [0.15, 0.2) is 263 Å². The van der Waals surface area contributed by atoms with Gasteiger partial charge in [0.15, 0.2) is 29.0 Å². The molecule has 22 rings (SSSR count). The number of hydrogen-bond acceptors (Lipinski definition) is 31. The molecular weight excluding hydrogens is 1900 g/mol. The maximum absolute atomic E-state index is 12.9. The van der Waals surface area contributed by atoms with E-state index in [9.17, 15) is 33.0 Å². The second kappa shape index (κ2) is 45.1. The SMILES string of the molecule is CNC(=O)CNc1nc(-c2ccccn2)nc2scc(-c3ccccc3)c12.COc1ccc(-c2csc3nc(C)nc(N(C)Cc4ccco4)c23)cc1OC.Cc1sc2nc(-c3ccccn3)nc(NCC(=O)N3CCC(O)CC3)c2c1-c1ccccc1.FC(F)(F)c1cccc(N2CCN(c3ncnc4sccc34)CC2)c1.OC1CCC(Nc2nc(-c3ccccn3)nc3scc(-c4ccccc4)c23)CC1. The second-order valence-corrected chi connectivity index (χ2v) is 38.4. The fourth-order valence-corrected chi connectivity index (χ4v) is 21.8. The monoisotopic (exact) mass is 2000 g/mol. The largest absolute Gasteiger partial charge is 0.493 e. The summed E-state index contributed by atoms with van der Waals surface area (Å²) in [7, 11) is 6.90. The van der Waals surface area contributed by atoms with Crippen molar-refractivity contribution in [2.24, 2.45) is 0 Å². The van der Waals surface area contributed by atoms with E-state index in [1.54, 1.807) is 120 Å². The van der Waals surface area contributed by atoms with Crippen LogP contribution >= 0.6 is 56.7 Å². The molecular formula is C106H100F3N21O7S5. The van der Waals surface area contributed by atoms with Crippen LogP contribution in [0.25, 0.3) is 130 Å². The van der Waals surface area contributed by atoms with Gasteiger partial charge in [0.25, 0.3) is 0 Å². The summed E-state index contributed by atoms with van der Waals surface area (Å²) < 4.78 is 55.0. The first kappa shape index (κ1) is 97.3. The summed E-state index contributed by atoms with van der Waals surface area (Å²) >= 11 is 7.99. The number of aliphatic hydroxyl groups is 2. The van der Waals surface area contributed by atoms with Gasteiger partial charge >= 0.3 is 6.18 Å². The Kier molecular flexibility index (Phi) is 30.9. The number of benzene rings is 5. The van der Waals surface area contributed by atoms with Crippen LogP contribution in [0.4, 0.5) is 47.9 Å². The van der Waals surface area contributed by atoms with Crippen LogP contribution in [0.2, 0.25) is 0 Å². The quantitative estimate of drug-likeness (QED) is 0.0367. The highest BCUT2D eigenvalue weighted by molar-refractivity contribution is 7.19. The van der Waals surface area contributed by atoms with Crippen LogP contribution < -0.4 is 45.4 Å². The van der Waals surface area contributed by atoms with Crippen LogP contribution in [0, 0.1) is 13.8 Å². The Bertz CT molecular complexity index is 7500. The Morgan fingerprint density at radius 2 is 1.04 bits per heavy atom. The van der Waals surface area contributed by atoms with E-state index in [1.807, 2.05) is 158 Å². The van der Waals surface area contributed by atoms with E-state index < -0.39 is 11.7 Å². The minimum absolute atomic E-state index is 0.00117. The van der Waals surface area contributed by atoms with Crippen molar-refractivity contribution < 1.29 is 46.9 Å². The number of piperidine rings is 1. The second-order valence-electron chi connectivity index (χ2n) is 33.7. The number of furan rings is 1. The number of halogens is 3. The molecule has 0 atom stereocenters. The topological polar surface area (TPSA) is 335 Å².